The molecule has 1 unspecified atom stereocenters. The molecule has 1 fully saturated rings. The second-order valence-electron chi connectivity index (χ2n) is 5.77. The van der Waals surface area contributed by atoms with Gasteiger partial charge in [0.2, 0.25) is 5.91 Å². The van der Waals surface area contributed by atoms with Crippen LogP contribution in [0.2, 0.25) is 0 Å². The third-order valence-corrected chi connectivity index (χ3v) is 3.43. The molecule has 0 aliphatic heterocycles. The van der Waals surface area contributed by atoms with Gasteiger partial charge in [0, 0.05) is 12.5 Å². The van der Waals surface area contributed by atoms with Crippen molar-refractivity contribution in [2.24, 2.45) is 11.1 Å². The minimum atomic E-state index is 0.205. The summed E-state index contributed by atoms with van der Waals surface area (Å²) in [6, 6.07) is 0.397. The molecule has 0 radical (unpaired) electrons. The van der Waals surface area contributed by atoms with Crippen molar-refractivity contribution >= 4 is 5.91 Å². The Kier molecular flexibility index (Phi) is 5.26. The molecule has 0 aromatic carbocycles. The average Bonchev–Trinajstić information content (AvgIpc) is 2.16. The molecule has 0 saturated heterocycles. The molecule has 1 aliphatic carbocycles. The van der Waals surface area contributed by atoms with Gasteiger partial charge in [-0.1, -0.05) is 20.3 Å². The largest absolute Gasteiger partial charge is 0.353 e. The molecule has 3 heteroatoms. The van der Waals surface area contributed by atoms with Gasteiger partial charge >= 0.3 is 0 Å². The third-order valence-electron chi connectivity index (χ3n) is 3.43. The van der Waals surface area contributed by atoms with E-state index < -0.39 is 0 Å². The van der Waals surface area contributed by atoms with Crippen LogP contribution in [-0.2, 0) is 4.79 Å². The summed E-state index contributed by atoms with van der Waals surface area (Å²) in [4.78, 5) is 11.6. The van der Waals surface area contributed by atoms with E-state index in [2.05, 4.69) is 19.2 Å². The topological polar surface area (TPSA) is 55.1 Å². The van der Waals surface area contributed by atoms with Crippen LogP contribution < -0.4 is 11.1 Å². The molecule has 0 heterocycles. The molecular weight excluding hydrogens is 200 g/mol. The summed E-state index contributed by atoms with van der Waals surface area (Å²) in [5.41, 5.74) is 5.80. The van der Waals surface area contributed by atoms with Crippen LogP contribution >= 0.6 is 0 Å². The van der Waals surface area contributed by atoms with Crippen LogP contribution in [0.15, 0.2) is 0 Å². The summed E-state index contributed by atoms with van der Waals surface area (Å²) in [6.07, 6.45) is 7.28. The maximum Gasteiger partial charge on any atom is 0.220 e. The second-order valence-corrected chi connectivity index (χ2v) is 5.77. The lowest BCUT2D eigenvalue weighted by Gasteiger charge is -2.35. The van der Waals surface area contributed by atoms with E-state index in [1.54, 1.807) is 0 Å². The summed E-state index contributed by atoms with van der Waals surface area (Å²) in [7, 11) is 0. The van der Waals surface area contributed by atoms with Crippen LogP contribution in [-0.4, -0.2) is 18.5 Å². The number of hydrogen-bond donors (Lipinski definition) is 2. The molecule has 1 amide bonds. The third kappa shape index (κ3) is 4.97. The van der Waals surface area contributed by atoms with Gasteiger partial charge in [0.15, 0.2) is 0 Å². The van der Waals surface area contributed by atoms with Crippen molar-refractivity contribution in [1.29, 1.82) is 0 Å². The molecule has 1 aliphatic rings. The zero-order valence-electron chi connectivity index (χ0n) is 10.7. The predicted molar refractivity (Wildman–Crippen MR) is 67.1 cm³/mol. The molecule has 1 saturated carbocycles. The van der Waals surface area contributed by atoms with Crippen LogP contribution in [0.3, 0.4) is 0 Å². The Hall–Kier alpha value is -0.570. The lowest BCUT2D eigenvalue weighted by atomic mass is 9.75. The first kappa shape index (κ1) is 13.5. The minimum Gasteiger partial charge on any atom is -0.353 e. The maximum atomic E-state index is 11.6. The first-order valence-corrected chi connectivity index (χ1v) is 6.53. The normalized spacial score (nSPS) is 24.1. The van der Waals surface area contributed by atoms with Crippen LogP contribution in [0.1, 0.15) is 58.8 Å². The summed E-state index contributed by atoms with van der Waals surface area (Å²) in [6.45, 7) is 5.27. The first-order chi connectivity index (χ1) is 7.53. The van der Waals surface area contributed by atoms with E-state index in [9.17, 15) is 4.79 Å². The Bertz CT molecular complexity index is 226. The Labute approximate surface area is 99.2 Å². The fourth-order valence-corrected chi connectivity index (χ4v) is 2.55. The maximum absolute atomic E-state index is 11.6. The summed E-state index contributed by atoms with van der Waals surface area (Å²) < 4.78 is 0. The molecule has 94 valence electrons. The van der Waals surface area contributed by atoms with Crippen molar-refractivity contribution in [3.8, 4) is 0 Å². The standard InChI is InChI=1S/C13H26N2O/c1-13(2)8-5-6-11(10-13)15-12(16)7-3-4-9-14/h11H,3-10,14H2,1-2H3,(H,15,16). The zero-order valence-corrected chi connectivity index (χ0v) is 10.7. The van der Waals surface area contributed by atoms with Crippen LogP contribution in [0.25, 0.3) is 0 Å². The molecule has 0 aromatic heterocycles. The lowest BCUT2D eigenvalue weighted by molar-refractivity contribution is -0.122. The molecule has 3 N–H and O–H groups in total. The van der Waals surface area contributed by atoms with E-state index in [0.29, 0.717) is 24.4 Å². The molecule has 0 spiro atoms. The van der Waals surface area contributed by atoms with Gasteiger partial charge in [-0.3, -0.25) is 4.79 Å². The summed E-state index contributed by atoms with van der Waals surface area (Å²) >= 11 is 0. The number of amides is 1. The molecule has 1 atom stereocenters. The molecule has 16 heavy (non-hydrogen) atoms. The Balaban J connectivity index is 2.23. The van der Waals surface area contributed by atoms with Crippen molar-refractivity contribution in [2.45, 2.75) is 64.8 Å². The van der Waals surface area contributed by atoms with Gasteiger partial charge in [0.25, 0.3) is 0 Å². The number of carbonyl (C=O) groups is 1. The van der Waals surface area contributed by atoms with Gasteiger partial charge in [-0.05, 0) is 44.1 Å². The molecule has 0 bridgehead atoms. The molecule has 1 rings (SSSR count). The number of nitrogens with two attached hydrogens (primary N) is 1. The highest BCUT2D eigenvalue weighted by atomic mass is 16.1. The highest BCUT2D eigenvalue weighted by Gasteiger charge is 2.28. The van der Waals surface area contributed by atoms with Gasteiger partial charge in [0.1, 0.15) is 0 Å². The van der Waals surface area contributed by atoms with Crippen molar-refractivity contribution < 1.29 is 4.79 Å². The van der Waals surface area contributed by atoms with E-state index in [4.69, 9.17) is 5.73 Å². The van der Waals surface area contributed by atoms with E-state index in [1.807, 2.05) is 0 Å². The van der Waals surface area contributed by atoms with E-state index in [1.165, 1.54) is 12.8 Å². The quantitative estimate of drug-likeness (QED) is 0.706. The SMILES string of the molecule is CC1(C)CCCC(NC(=O)CCCCN)C1. The Morgan fingerprint density at radius 2 is 2.19 bits per heavy atom. The first-order valence-electron chi connectivity index (χ1n) is 6.53. The fraction of sp³-hybridized carbons (Fsp3) is 0.923. The van der Waals surface area contributed by atoms with Crippen molar-refractivity contribution in [1.82, 2.24) is 5.32 Å². The number of hydrogen-bond acceptors (Lipinski definition) is 2. The molecular formula is C13H26N2O. The lowest BCUT2D eigenvalue weighted by Crippen LogP contribution is -2.40. The highest BCUT2D eigenvalue weighted by molar-refractivity contribution is 5.76. The van der Waals surface area contributed by atoms with E-state index in [-0.39, 0.29) is 5.91 Å². The number of unbranched alkanes of at least 4 members (excludes halogenated alkanes) is 1. The summed E-state index contributed by atoms with van der Waals surface area (Å²) in [5.74, 6) is 0.205. The van der Waals surface area contributed by atoms with Gasteiger partial charge in [-0.2, -0.15) is 0 Å². The van der Waals surface area contributed by atoms with Gasteiger partial charge in [-0.15, -0.1) is 0 Å². The van der Waals surface area contributed by atoms with E-state index >= 15 is 0 Å². The fourth-order valence-electron chi connectivity index (χ4n) is 2.55. The summed E-state index contributed by atoms with van der Waals surface area (Å²) in [5, 5.41) is 3.15. The van der Waals surface area contributed by atoms with Gasteiger partial charge in [0.05, 0.1) is 0 Å². The number of carbonyl (C=O) groups excluding carboxylic acids is 1. The average molecular weight is 226 g/mol. The predicted octanol–water partition coefficient (Wildman–Crippen LogP) is 2.20. The van der Waals surface area contributed by atoms with Crippen LogP contribution in [0, 0.1) is 5.41 Å². The Morgan fingerprint density at radius 1 is 1.44 bits per heavy atom. The zero-order chi connectivity index (χ0) is 12.0. The van der Waals surface area contributed by atoms with Gasteiger partial charge in [-0.25, -0.2) is 0 Å². The highest BCUT2D eigenvalue weighted by Crippen LogP contribution is 2.35. The number of nitrogens with one attached hydrogen (secondary N) is 1. The van der Waals surface area contributed by atoms with Gasteiger partial charge < -0.3 is 11.1 Å². The van der Waals surface area contributed by atoms with Crippen molar-refractivity contribution in [2.75, 3.05) is 6.54 Å². The molecule has 0 aromatic rings. The van der Waals surface area contributed by atoms with Crippen LogP contribution in [0.4, 0.5) is 0 Å². The second kappa shape index (κ2) is 6.24. The van der Waals surface area contributed by atoms with Crippen molar-refractivity contribution in [3.63, 3.8) is 0 Å². The smallest absolute Gasteiger partial charge is 0.220 e. The number of rotatable bonds is 5. The van der Waals surface area contributed by atoms with Crippen molar-refractivity contribution in [3.05, 3.63) is 0 Å². The Morgan fingerprint density at radius 3 is 2.81 bits per heavy atom. The monoisotopic (exact) mass is 226 g/mol. The molecule has 3 nitrogen and oxygen atoms in total. The van der Waals surface area contributed by atoms with Crippen LogP contribution in [0.5, 0.6) is 0 Å². The van der Waals surface area contributed by atoms with E-state index in [0.717, 1.165) is 25.7 Å². The minimum absolute atomic E-state index is 0.205.